The summed E-state index contributed by atoms with van der Waals surface area (Å²) in [7, 11) is -3.85. The lowest BCUT2D eigenvalue weighted by Gasteiger charge is -1.96. The van der Waals surface area contributed by atoms with Gasteiger partial charge in [-0.3, -0.25) is 4.79 Å². The van der Waals surface area contributed by atoms with Crippen LogP contribution in [0.3, 0.4) is 0 Å². The van der Waals surface area contributed by atoms with E-state index < -0.39 is 21.6 Å². The summed E-state index contributed by atoms with van der Waals surface area (Å²) in [5, 5.41) is 8.07. The smallest absolute Gasteiger partial charge is 0.240 e. The molecule has 0 aliphatic carbocycles. The van der Waals surface area contributed by atoms with E-state index in [4.69, 9.17) is 5.21 Å². The monoisotopic (exact) mass is 193 g/mol. The third-order valence-corrected chi connectivity index (χ3v) is 1.86. The number of carbonyl (C=O) groups is 1. The van der Waals surface area contributed by atoms with Crippen molar-refractivity contribution in [1.82, 2.24) is 4.89 Å². The maximum absolute atomic E-state index is 10.8. The van der Waals surface area contributed by atoms with Gasteiger partial charge in [-0.25, -0.2) is 8.42 Å². The van der Waals surface area contributed by atoms with Crippen LogP contribution in [0, 0.1) is 0 Å². The number of carbonyl (C=O) groups excluding carboxylic acids is 1. The third kappa shape index (κ3) is 5.00. The van der Waals surface area contributed by atoms with Crippen LogP contribution in [0.4, 0.5) is 0 Å². The molecule has 0 aliphatic rings. The second-order valence-corrected chi connectivity index (χ2v) is 4.24. The van der Waals surface area contributed by atoms with Gasteiger partial charge in [0.2, 0.25) is 10.0 Å². The molecule has 2 N–H and O–H groups in total. The van der Waals surface area contributed by atoms with Crippen molar-refractivity contribution in [2.24, 2.45) is 0 Å². The molecule has 0 radical (unpaired) electrons. The SMILES string of the molecule is CC(C)=CC(=O)CS(=O)(=O)NO. The largest absolute Gasteiger partial charge is 0.302 e. The van der Waals surface area contributed by atoms with Crippen LogP contribution < -0.4 is 4.89 Å². The minimum Gasteiger partial charge on any atom is -0.302 e. The van der Waals surface area contributed by atoms with Crippen molar-refractivity contribution in [1.29, 1.82) is 0 Å². The van der Waals surface area contributed by atoms with Gasteiger partial charge >= 0.3 is 0 Å². The highest BCUT2D eigenvalue weighted by Crippen LogP contribution is 1.92. The highest BCUT2D eigenvalue weighted by atomic mass is 32.2. The van der Waals surface area contributed by atoms with E-state index >= 15 is 0 Å². The molecule has 0 rings (SSSR count). The van der Waals surface area contributed by atoms with Gasteiger partial charge < -0.3 is 5.21 Å². The van der Waals surface area contributed by atoms with Crippen molar-refractivity contribution in [2.75, 3.05) is 5.75 Å². The van der Waals surface area contributed by atoms with Crippen LogP contribution in [-0.2, 0) is 14.8 Å². The fraction of sp³-hybridized carbons (Fsp3) is 0.500. The Morgan fingerprint density at radius 2 is 2.00 bits per heavy atom. The molecule has 0 saturated heterocycles. The van der Waals surface area contributed by atoms with Gasteiger partial charge in [0.25, 0.3) is 0 Å². The first kappa shape index (κ1) is 11.3. The van der Waals surface area contributed by atoms with Gasteiger partial charge in [-0.05, 0) is 19.9 Å². The molecule has 12 heavy (non-hydrogen) atoms. The van der Waals surface area contributed by atoms with Crippen LogP contribution in [0.1, 0.15) is 13.8 Å². The molecule has 0 bridgehead atoms. The van der Waals surface area contributed by atoms with E-state index in [1.165, 1.54) is 6.08 Å². The second-order valence-electron chi connectivity index (χ2n) is 2.54. The van der Waals surface area contributed by atoms with Crippen LogP contribution in [0.2, 0.25) is 0 Å². The molecule has 5 nitrogen and oxygen atoms in total. The highest BCUT2D eigenvalue weighted by molar-refractivity contribution is 7.90. The minimum absolute atomic E-state index is 0.559. The summed E-state index contributed by atoms with van der Waals surface area (Å²) in [5.41, 5.74) is 0.716. The summed E-state index contributed by atoms with van der Waals surface area (Å²) in [6.07, 6.45) is 1.20. The number of rotatable bonds is 4. The fourth-order valence-electron chi connectivity index (χ4n) is 0.583. The molecule has 0 atom stereocenters. The van der Waals surface area contributed by atoms with E-state index in [1.807, 2.05) is 0 Å². The quantitative estimate of drug-likeness (QED) is 0.479. The molecular formula is C6H11NO4S. The topological polar surface area (TPSA) is 83.5 Å². The molecule has 0 fully saturated rings. The van der Waals surface area contributed by atoms with Gasteiger partial charge in [-0.15, -0.1) is 0 Å². The molecule has 0 aliphatic heterocycles. The number of ketones is 1. The average Bonchev–Trinajstić information content (AvgIpc) is 1.84. The Morgan fingerprint density at radius 1 is 1.50 bits per heavy atom. The Labute approximate surface area is 71.1 Å². The van der Waals surface area contributed by atoms with Crippen LogP contribution in [0.5, 0.6) is 0 Å². The average molecular weight is 193 g/mol. The van der Waals surface area contributed by atoms with E-state index in [1.54, 1.807) is 13.8 Å². The molecule has 0 aromatic heterocycles. The van der Waals surface area contributed by atoms with E-state index in [0.29, 0.717) is 5.57 Å². The van der Waals surface area contributed by atoms with Gasteiger partial charge in [0.15, 0.2) is 5.78 Å². The fourth-order valence-corrected chi connectivity index (χ4v) is 1.11. The molecular weight excluding hydrogens is 182 g/mol. The second kappa shape index (κ2) is 4.34. The Morgan fingerprint density at radius 3 is 2.33 bits per heavy atom. The lowest BCUT2D eigenvalue weighted by atomic mass is 10.3. The molecule has 0 unspecified atom stereocenters. The van der Waals surface area contributed by atoms with Gasteiger partial charge in [0, 0.05) is 0 Å². The van der Waals surface area contributed by atoms with Crippen molar-refractivity contribution >= 4 is 15.8 Å². The van der Waals surface area contributed by atoms with Gasteiger partial charge in [0.05, 0.1) is 0 Å². The number of hydrogen-bond donors (Lipinski definition) is 2. The molecule has 0 amide bonds. The summed E-state index contributed by atoms with van der Waals surface area (Å²) in [6, 6.07) is 0. The molecule has 0 aromatic rings. The van der Waals surface area contributed by atoms with Gasteiger partial charge in [0.1, 0.15) is 5.75 Å². The van der Waals surface area contributed by atoms with Crippen molar-refractivity contribution < 1.29 is 18.4 Å². The number of hydrogen-bond acceptors (Lipinski definition) is 4. The first-order chi connectivity index (χ1) is 5.37. The predicted molar refractivity (Wildman–Crippen MR) is 43.1 cm³/mol. The first-order valence-electron chi connectivity index (χ1n) is 3.18. The van der Waals surface area contributed by atoms with Crippen LogP contribution in [0.15, 0.2) is 11.6 Å². The molecule has 0 saturated carbocycles. The normalized spacial score (nSPS) is 10.9. The van der Waals surface area contributed by atoms with Crippen LogP contribution >= 0.6 is 0 Å². The van der Waals surface area contributed by atoms with E-state index in [2.05, 4.69) is 0 Å². The van der Waals surface area contributed by atoms with Crippen LogP contribution in [-0.4, -0.2) is 25.2 Å². The number of sulfonamides is 1. The summed E-state index contributed by atoms with van der Waals surface area (Å²) < 4.78 is 21.2. The lowest BCUT2D eigenvalue weighted by molar-refractivity contribution is -0.112. The Bertz CT molecular complexity index is 287. The van der Waals surface area contributed by atoms with Gasteiger partial charge in [-0.1, -0.05) is 10.5 Å². The maximum atomic E-state index is 10.8. The standard InChI is InChI=1S/C6H11NO4S/c1-5(2)3-6(8)4-12(10,11)7-9/h3,7,9H,4H2,1-2H3. The molecule has 6 heteroatoms. The van der Waals surface area contributed by atoms with Crippen molar-refractivity contribution in [2.45, 2.75) is 13.8 Å². The van der Waals surface area contributed by atoms with Crippen molar-refractivity contribution in [3.63, 3.8) is 0 Å². The zero-order chi connectivity index (χ0) is 9.78. The first-order valence-corrected chi connectivity index (χ1v) is 4.84. The lowest BCUT2D eigenvalue weighted by Crippen LogP contribution is -2.26. The summed E-state index contributed by atoms with van der Waals surface area (Å²) in [6.45, 7) is 3.35. The predicted octanol–water partition coefficient (Wildman–Crippen LogP) is -0.170. The third-order valence-electron chi connectivity index (χ3n) is 0.921. The highest BCUT2D eigenvalue weighted by Gasteiger charge is 2.12. The number of allylic oxidation sites excluding steroid dienone is 2. The summed E-state index contributed by atoms with van der Waals surface area (Å²) in [5.74, 6) is -1.29. The maximum Gasteiger partial charge on any atom is 0.240 e. The molecule has 0 aromatic carbocycles. The van der Waals surface area contributed by atoms with Crippen molar-refractivity contribution in [3.05, 3.63) is 11.6 Å². The molecule has 0 spiro atoms. The van der Waals surface area contributed by atoms with Crippen molar-refractivity contribution in [3.8, 4) is 0 Å². The summed E-state index contributed by atoms with van der Waals surface area (Å²) in [4.78, 5) is 11.9. The van der Waals surface area contributed by atoms with Gasteiger partial charge in [-0.2, -0.15) is 0 Å². The Hall–Kier alpha value is -0.720. The zero-order valence-electron chi connectivity index (χ0n) is 6.86. The summed E-state index contributed by atoms with van der Waals surface area (Å²) >= 11 is 0. The Balaban J connectivity index is 4.31. The van der Waals surface area contributed by atoms with E-state index in [9.17, 15) is 13.2 Å². The molecule has 70 valence electrons. The zero-order valence-corrected chi connectivity index (χ0v) is 7.68. The van der Waals surface area contributed by atoms with Crippen LogP contribution in [0.25, 0.3) is 0 Å². The number of nitrogens with one attached hydrogen (secondary N) is 1. The van der Waals surface area contributed by atoms with E-state index in [0.717, 1.165) is 4.89 Å². The molecule has 0 heterocycles. The van der Waals surface area contributed by atoms with E-state index in [-0.39, 0.29) is 0 Å². The minimum atomic E-state index is -3.85. The Kier molecular flexibility index (Phi) is 4.08.